The van der Waals surface area contributed by atoms with Crippen molar-refractivity contribution >= 4 is 33.5 Å². The normalized spacial score (nSPS) is 16.7. The summed E-state index contributed by atoms with van der Waals surface area (Å²) in [5.41, 5.74) is 1.06. The number of benzene rings is 1. The average Bonchev–Trinajstić information content (AvgIpc) is 2.99. The molecule has 0 amide bonds. The van der Waals surface area contributed by atoms with Crippen molar-refractivity contribution in [3.8, 4) is 0 Å². The van der Waals surface area contributed by atoms with Gasteiger partial charge in [-0.3, -0.25) is 4.79 Å². The van der Waals surface area contributed by atoms with Crippen molar-refractivity contribution in [1.29, 1.82) is 0 Å². The molecule has 0 spiro atoms. The molecule has 1 atom stereocenters. The van der Waals surface area contributed by atoms with Crippen LogP contribution in [0.15, 0.2) is 22.7 Å². The van der Waals surface area contributed by atoms with Gasteiger partial charge in [0.1, 0.15) is 12.1 Å². The fourth-order valence-corrected chi connectivity index (χ4v) is 3.33. The first-order chi connectivity index (χ1) is 11.0. The van der Waals surface area contributed by atoms with E-state index in [-0.39, 0.29) is 18.1 Å². The van der Waals surface area contributed by atoms with Crippen molar-refractivity contribution < 1.29 is 9.53 Å². The quantitative estimate of drug-likeness (QED) is 0.645. The van der Waals surface area contributed by atoms with Gasteiger partial charge in [-0.1, -0.05) is 31.5 Å². The van der Waals surface area contributed by atoms with Crippen LogP contribution in [0.2, 0.25) is 5.02 Å². The second kappa shape index (κ2) is 9.05. The Morgan fingerprint density at radius 3 is 2.70 bits per heavy atom. The van der Waals surface area contributed by atoms with Crippen LogP contribution >= 0.6 is 27.5 Å². The van der Waals surface area contributed by atoms with E-state index in [1.54, 1.807) is 0 Å². The molecule has 1 fully saturated rings. The predicted molar refractivity (Wildman–Crippen MR) is 97.6 cm³/mol. The number of rotatable bonds is 7. The van der Waals surface area contributed by atoms with Gasteiger partial charge in [0.2, 0.25) is 0 Å². The van der Waals surface area contributed by atoms with Crippen LogP contribution < -0.4 is 5.32 Å². The number of nitrogens with one attached hydrogen (secondary N) is 1. The van der Waals surface area contributed by atoms with Crippen LogP contribution in [0, 0.1) is 5.92 Å². The smallest absolute Gasteiger partial charge is 0.323 e. The number of esters is 1. The highest BCUT2D eigenvalue weighted by Gasteiger charge is 2.25. The first-order valence-electron chi connectivity index (χ1n) is 8.33. The van der Waals surface area contributed by atoms with Crippen LogP contribution in [0.3, 0.4) is 0 Å². The molecule has 1 N–H and O–H groups in total. The Hall–Kier alpha value is -0.580. The molecule has 0 aromatic heterocycles. The molecule has 1 aromatic rings. The van der Waals surface area contributed by atoms with Gasteiger partial charge in [0.15, 0.2) is 0 Å². The van der Waals surface area contributed by atoms with Crippen molar-refractivity contribution in [3.05, 3.63) is 33.3 Å². The molecule has 0 bridgehead atoms. The third-order valence-corrected chi connectivity index (χ3v) is 5.35. The second-order valence-electron chi connectivity index (χ2n) is 6.65. The zero-order chi connectivity index (χ0) is 16.8. The molecule has 3 nitrogen and oxygen atoms in total. The van der Waals surface area contributed by atoms with Crippen LogP contribution in [-0.2, 0) is 16.1 Å². The number of hydrogen-bond donors (Lipinski definition) is 1. The summed E-state index contributed by atoms with van der Waals surface area (Å²) in [7, 11) is 0. The molecule has 23 heavy (non-hydrogen) atoms. The maximum absolute atomic E-state index is 12.5. The van der Waals surface area contributed by atoms with Crippen molar-refractivity contribution in [2.45, 2.75) is 64.6 Å². The molecular formula is C18H25BrClNO2. The zero-order valence-electron chi connectivity index (χ0n) is 13.8. The van der Waals surface area contributed by atoms with E-state index in [4.69, 9.17) is 16.3 Å². The Morgan fingerprint density at radius 1 is 1.39 bits per heavy atom. The summed E-state index contributed by atoms with van der Waals surface area (Å²) < 4.78 is 6.55. The van der Waals surface area contributed by atoms with Gasteiger partial charge in [-0.05, 0) is 71.6 Å². The summed E-state index contributed by atoms with van der Waals surface area (Å²) in [4.78, 5) is 12.5. The minimum absolute atomic E-state index is 0.112. The lowest BCUT2D eigenvalue weighted by Crippen LogP contribution is -2.40. The fourth-order valence-electron chi connectivity index (χ4n) is 2.88. The van der Waals surface area contributed by atoms with Crippen LogP contribution in [0.5, 0.6) is 0 Å². The molecule has 1 aromatic carbocycles. The van der Waals surface area contributed by atoms with Gasteiger partial charge in [-0.2, -0.15) is 0 Å². The summed E-state index contributed by atoms with van der Waals surface area (Å²) in [6.45, 7) is 4.84. The highest BCUT2D eigenvalue weighted by atomic mass is 79.9. The van der Waals surface area contributed by atoms with E-state index in [1.807, 2.05) is 18.2 Å². The number of carbonyl (C=O) groups excluding carboxylic acids is 1. The van der Waals surface area contributed by atoms with Crippen LogP contribution in [0.1, 0.15) is 51.5 Å². The minimum Gasteiger partial charge on any atom is -0.461 e. The third-order valence-electron chi connectivity index (χ3n) is 4.11. The van der Waals surface area contributed by atoms with Crippen LogP contribution in [0.25, 0.3) is 0 Å². The van der Waals surface area contributed by atoms with Crippen molar-refractivity contribution in [2.24, 2.45) is 5.92 Å². The highest BCUT2D eigenvalue weighted by molar-refractivity contribution is 9.10. The molecule has 2 rings (SSSR count). The first kappa shape index (κ1) is 18.8. The molecule has 0 saturated heterocycles. The second-order valence-corrected chi connectivity index (χ2v) is 7.92. The van der Waals surface area contributed by atoms with Crippen LogP contribution in [0.4, 0.5) is 0 Å². The van der Waals surface area contributed by atoms with Gasteiger partial charge in [-0.25, -0.2) is 0 Å². The van der Waals surface area contributed by atoms with E-state index < -0.39 is 0 Å². The topological polar surface area (TPSA) is 38.3 Å². The molecule has 1 unspecified atom stereocenters. The largest absolute Gasteiger partial charge is 0.461 e. The molecule has 0 heterocycles. The Kier molecular flexibility index (Phi) is 7.38. The molecule has 128 valence electrons. The predicted octanol–water partition coefficient (Wildman–Crippen LogP) is 5.09. The third kappa shape index (κ3) is 6.09. The van der Waals surface area contributed by atoms with E-state index in [2.05, 4.69) is 35.1 Å². The van der Waals surface area contributed by atoms with E-state index in [0.29, 0.717) is 17.5 Å². The maximum atomic E-state index is 12.5. The van der Waals surface area contributed by atoms with Crippen molar-refractivity contribution in [3.63, 3.8) is 0 Å². The van der Waals surface area contributed by atoms with Gasteiger partial charge in [0, 0.05) is 11.0 Å². The van der Waals surface area contributed by atoms with E-state index in [0.717, 1.165) is 42.1 Å². The summed E-state index contributed by atoms with van der Waals surface area (Å²) >= 11 is 9.51. The molecule has 5 heteroatoms. The lowest BCUT2D eigenvalue weighted by Gasteiger charge is -2.22. The van der Waals surface area contributed by atoms with Gasteiger partial charge < -0.3 is 10.1 Å². The number of ether oxygens (including phenoxy) is 1. The summed E-state index contributed by atoms with van der Waals surface area (Å²) in [5.74, 6) is 0.311. The molecule has 0 aliphatic heterocycles. The fraction of sp³-hybridized carbons (Fsp3) is 0.611. The number of carbonyl (C=O) groups is 1. The summed E-state index contributed by atoms with van der Waals surface area (Å²) in [6.07, 6.45) is 5.22. The van der Waals surface area contributed by atoms with Gasteiger partial charge in [0.25, 0.3) is 0 Å². The van der Waals surface area contributed by atoms with E-state index in [1.165, 1.54) is 0 Å². The van der Waals surface area contributed by atoms with Gasteiger partial charge >= 0.3 is 5.97 Å². The molecule has 0 radical (unpaired) electrons. The SMILES string of the molecule is CC(C)CC(NCc1ccc(Br)c(Cl)c1)C(=O)OC1CCCC1. The van der Waals surface area contributed by atoms with Gasteiger partial charge in [-0.15, -0.1) is 0 Å². The Balaban J connectivity index is 1.93. The zero-order valence-corrected chi connectivity index (χ0v) is 16.1. The molecular weight excluding hydrogens is 378 g/mol. The highest BCUT2D eigenvalue weighted by Crippen LogP contribution is 2.24. The van der Waals surface area contributed by atoms with Crippen molar-refractivity contribution in [1.82, 2.24) is 5.32 Å². The number of hydrogen-bond acceptors (Lipinski definition) is 3. The first-order valence-corrected chi connectivity index (χ1v) is 9.50. The molecule has 1 saturated carbocycles. The maximum Gasteiger partial charge on any atom is 0.323 e. The van der Waals surface area contributed by atoms with E-state index in [9.17, 15) is 4.79 Å². The van der Waals surface area contributed by atoms with E-state index >= 15 is 0 Å². The van der Waals surface area contributed by atoms with Gasteiger partial charge in [0.05, 0.1) is 5.02 Å². The summed E-state index contributed by atoms with van der Waals surface area (Å²) in [5, 5.41) is 4.02. The average molecular weight is 403 g/mol. The number of halogens is 2. The standard InChI is InChI=1S/C18H25BrClNO2/c1-12(2)9-17(18(22)23-14-5-3-4-6-14)21-11-13-7-8-15(19)16(20)10-13/h7-8,10,12,14,17,21H,3-6,9,11H2,1-2H3. The lowest BCUT2D eigenvalue weighted by molar-refractivity contribution is -0.151. The lowest BCUT2D eigenvalue weighted by atomic mass is 10.0. The Labute approximate surface area is 152 Å². The van der Waals surface area contributed by atoms with Crippen molar-refractivity contribution in [2.75, 3.05) is 0 Å². The van der Waals surface area contributed by atoms with Crippen LogP contribution in [-0.4, -0.2) is 18.1 Å². The Morgan fingerprint density at radius 2 is 2.09 bits per heavy atom. The minimum atomic E-state index is -0.266. The Bertz CT molecular complexity index is 530. The monoisotopic (exact) mass is 401 g/mol. The molecule has 1 aliphatic carbocycles. The summed E-state index contributed by atoms with van der Waals surface area (Å²) in [6, 6.07) is 5.57. The molecule has 1 aliphatic rings.